The first-order valence-electron chi connectivity index (χ1n) is 6.73. The zero-order valence-electron chi connectivity index (χ0n) is 11.1. The number of rotatable bonds is 1. The zero-order chi connectivity index (χ0) is 12.6. The molecule has 4 rings (SSSR count). The average Bonchev–Trinajstić information content (AvgIpc) is 2.50. The molecule has 1 aromatic heterocycles. The Hall–Kier alpha value is -1.63. The van der Waals surface area contributed by atoms with Gasteiger partial charge in [0.05, 0.1) is 0 Å². The quantitative estimate of drug-likeness (QED) is 0.733. The molecule has 2 aliphatic rings. The van der Waals surface area contributed by atoms with Gasteiger partial charge in [-0.15, -0.1) is 0 Å². The first-order valence-corrected chi connectivity index (χ1v) is 6.73. The molecule has 1 aliphatic heterocycles. The Morgan fingerprint density at radius 1 is 1.17 bits per heavy atom. The molecule has 0 saturated carbocycles. The van der Waals surface area contributed by atoms with E-state index in [2.05, 4.69) is 61.4 Å². The largest absolute Gasteiger partial charge is 0.261 e. The molecule has 92 valence electrons. The van der Waals surface area contributed by atoms with Gasteiger partial charge in [0.2, 0.25) is 0 Å². The summed E-state index contributed by atoms with van der Waals surface area (Å²) >= 11 is 0. The SMILES string of the molecule is CCC1(C)Cc2ccc(nc2)Cc2ccccc21. The van der Waals surface area contributed by atoms with Crippen LogP contribution in [-0.2, 0) is 18.3 Å². The molecule has 0 amide bonds. The van der Waals surface area contributed by atoms with Crippen LogP contribution < -0.4 is 0 Å². The second kappa shape index (κ2) is 4.24. The zero-order valence-corrected chi connectivity index (χ0v) is 11.1. The molecule has 1 nitrogen and oxygen atoms in total. The highest BCUT2D eigenvalue weighted by molar-refractivity contribution is 5.39. The lowest BCUT2D eigenvalue weighted by Crippen LogP contribution is -2.25. The van der Waals surface area contributed by atoms with E-state index in [1.807, 2.05) is 0 Å². The van der Waals surface area contributed by atoms with Crippen molar-refractivity contribution < 1.29 is 0 Å². The predicted octanol–water partition coefficient (Wildman–Crippen LogP) is 3.90. The second-order valence-corrected chi connectivity index (χ2v) is 5.58. The van der Waals surface area contributed by atoms with Crippen LogP contribution in [0, 0.1) is 0 Å². The van der Waals surface area contributed by atoms with Gasteiger partial charge in [0.25, 0.3) is 0 Å². The Labute approximate surface area is 109 Å². The molecule has 18 heavy (non-hydrogen) atoms. The van der Waals surface area contributed by atoms with Crippen molar-refractivity contribution in [3.05, 3.63) is 65.0 Å². The lowest BCUT2D eigenvalue weighted by molar-refractivity contribution is 0.449. The number of nitrogens with zero attached hydrogens (tertiary/aromatic N) is 1. The van der Waals surface area contributed by atoms with Gasteiger partial charge in [-0.2, -0.15) is 0 Å². The molecule has 1 atom stereocenters. The van der Waals surface area contributed by atoms with Crippen LogP contribution in [0.25, 0.3) is 0 Å². The van der Waals surface area contributed by atoms with Gasteiger partial charge >= 0.3 is 0 Å². The topological polar surface area (TPSA) is 12.9 Å². The van der Waals surface area contributed by atoms with Crippen LogP contribution in [0.5, 0.6) is 0 Å². The van der Waals surface area contributed by atoms with Crippen LogP contribution in [0.4, 0.5) is 0 Å². The molecule has 0 N–H and O–H groups in total. The molecule has 0 fully saturated rings. The van der Waals surface area contributed by atoms with Gasteiger partial charge in [-0.1, -0.05) is 44.2 Å². The number of aromatic nitrogens is 1. The third-order valence-electron chi connectivity index (χ3n) is 4.30. The van der Waals surface area contributed by atoms with E-state index in [1.165, 1.54) is 22.4 Å². The van der Waals surface area contributed by atoms with E-state index in [0.29, 0.717) is 0 Å². The van der Waals surface area contributed by atoms with E-state index in [4.69, 9.17) is 0 Å². The van der Waals surface area contributed by atoms with Crippen molar-refractivity contribution in [1.29, 1.82) is 0 Å². The molecule has 1 aliphatic carbocycles. The van der Waals surface area contributed by atoms with Crippen LogP contribution in [0.1, 0.15) is 42.7 Å². The van der Waals surface area contributed by atoms with E-state index in [9.17, 15) is 0 Å². The standard InChI is InChI=1S/C17H19N/c1-3-17(2)11-13-8-9-15(18-12-13)10-14-6-4-5-7-16(14)17/h4-9,12H,3,10-11H2,1-2H3. The highest BCUT2D eigenvalue weighted by atomic mass is 14.7. The first-order chi connectivity index (χ1) is 8.71. The van der Waals surface area contributed by atoms with Gasteiger partial charge < -0.3 is 0 Å². The van der Waals surface area contributed by atoms with Crippen molar-refractivity contribution in [2.24, 2.45) is 0 Å². The highest BCUT2D eigenvalue weighted by Gasteiger charge is 2.28. The molecule has 0 spiro atoms. The monoisotopic (exact) mass is 237 g/mol. The normalized spacial score (nSPS) is 21.9. The lowest BCUT2D eigenvalue weighted by atomic mass is 9.74. The van der Waals surface area contributed by atoms with E-state index in [1.54, 1.807) is 0 Å². The Morgan fingerprint density at radius 2 is 2.00 bits per heavy atom. The van der Waals surface area contributed by atoms with Crippen LogP contribution in [0.3, 0.4) is 0 Å². The van der Waals surface area contributed by atoms with E-state index >= 15 is 0 Å². The molecule has 0 saturated heterocycles. The highest BCUT2D eigenvalue weighted by Crippen LogP contribution is 2.35. The molecular formula is C17H19N. The second-order valence-electron chi connectivity index (χ2n) is 5.58. The Kier molecular flexibility index (Phi) is 2.70. The fourth-order valence-electron chi connectivity index (χ4n) is 2.98. The Balaban J connectivity index is 2.21. The summed E-state index contributed by atoms with van der Waals surface area (Å²) in [5, 5.41) is 0. The fraction of sp³-hybridized carbons (Fsp3) is 0.353. The van der Waals surface area contributed by atoms with Crippen molar-refractivity contribution in [1.82, 2.24) is 4.98 Å². The summed E-state index contributed by atoms with van der Waals surface area (Å²) in [5.74, 6) is 0. The third-order valence-corrected chi connectivity index (χ3v) is 4.30. The maximum Gasteiger partial charge on any atom is 0.0447 e. The van der Waals surface area contributed by atoms with E-state index < -0.39 is 0 Å². The number of hydrogen-bond acceptors (Lipinski definition) is 1. The minimum atomic E-state index is 0.224. The summed E-state index contributed by atoms with van der Waals surface area (Å²) in [6.45, 7) is 4.67. The van der Waals surface area contributed by atoms with E-state index in [-0.39, 0.29) is 5.41 Å². The fourth-order valence-corrected chi connectivity index (χ4v) is 2.98. The van der Waals surface area contributed by atoms with Gasteiger partial charge in [0.15, 0.2) is 0 Å². The number of fused-ring (bicyclic) bond motifs is 3. The summed E-state index contributed by atoms with van der Waals surface area (Å²) in [6, 6.07) is 13.3. The predicted molar refractivity (Wildman–Crippen MR) is 74.8 cm³/mol. The summed E-state index contributed by atoms with van der Waals surface area (Å²) in [6.07, 6.45) is 5.24. The van der Waals surface area contributed by atoms with Gasteiger partial charge in [-0.05, 0) is 41.0 Å². The van der Waals surface area contributed by atoms with Crippen LogP contribution in [-0.4, -0.2) is 4.98 Å². The minimum Gasteiger partial charge on any atom is -0.261 e. The summed E-state index contributed by atoms with van der Waals surface area (Å²) in [4.78, 5) is 4.58. The van der Waals surface area contributed by atoms with Gasteiger partial charge in [-0.3, -0.25) is 4.98 Å². The maximum absolute atomic E-state index is 4.58. The molecule has 1 heteroatoms. The Morgan fingerprint density at radius 3 is 2.72 bits per heavy atom. The molecule has 1 aromatic carbocycles. The summed E-state index contributed by atoms with van der Waals surface area (Å²) in [7, 11) is 0. The molecule has 1 unspecified atom stereocenters. The maximum atomic E-state index is 4.58. The molecule has 2 bridgehead atoms. The number of pyridine rings is 1. The molecular weight excluding hydrogens is 218 g/mol. The molecule has 2 heterocycles. The lowest BCUT2D eigenvalue weighted by Gasteiger charge is -2.30. The third kappa shape index (κ3) is 1.84. The van der Waals surface area contributed by atoms with Gasteiger partial charge in [0, 0.05) is 18.3 Å². The average molecular weight is 237 g/mol. The van der Waals surface area contributed by atoms with Crippen molar-refractivity contribution in [3.63, 3.8) is 0 Å². The van der Waals surface area contributed by atoms with E-state index in [0.717, 1.165) is 19.3 Å². The molecule has 0 radical (unpaired) electrons. The van der Waals surface area contributed by atoms with Crippen molar-refractivity contribution in [2.45, 2.75) is 38.5 Å². The van der Waals surface area contributed by atoms with Crippen LogP contribution in [0.2, 0.25) is 0 Å². The first kappa shape index (κ1) is 11.5. The van der Waals surface area contributed by atoms with Crippen molar-refractivity contribution >= 4 is 0 Å². The van der Waals surface area contributed by atoms with Crippen molar-refractivity contribution in [3.8, 4) is 0 Å². The smallest absolute Gasteiger partial charge is 0.0447 e. The van der Waals surface area contributed by atoms with Gasteiger partial charge in [0.1, 0.15) is 0 Å². The van der Waals surface area contributed by atoms with Crippen molar-refractivity contribution in [2.75, 3.05) is 0 Å². The summed E-state index contributed by atoms with van der Waals surface area (Å²) < 4.78 is 0. The minimum absolute atomic E-state index is 0.224. The number of hydrogen-bond donors (Lipinski definition) is 0. The summed E-state index contributed by atoms with van der Waals surface area (Å²) in [5.41, 5.74) is 5.67. The molecule has 2 aromatic rings. The number of benzene rings is 1. The van der Waals surface area contributed by atoms with Crippen LogP contribution in [0.15, 0.2) is 42.6 Å². The van der Waals surface area contributed by atoms with Gasteiger partial charge in [-0.25, -0.2) is 0 Å². The Bertz CT molecular complexity index is 556. The van der Waals surface area contributed by atoms with Crippen LogP contribution >= 0.6 is 0 Å².